The molecular weight excluding hydrogens is 402 g/mol. The summed E-state index contributed by atoms with van der Waals surface area (Å²) in [5.41, 5.74) is 4.12. The van der Waals surface area contributed by atoms with Gasteiger partial charge in [0.05, 0.1) is 10.8 Å². The van der Waals surface area contributed by atoms with E-state index in [1.165, 1.54) is 0 Å². The van der Waals surface area contributed by atoms with Crippen LogP contribution in [0.5, 0.6) is 5.75 Å². The van der Waals surface area contributed by atoms with Gasteiger partial charge in [0.1, 0.15) is 16.9 Å². The number of halogens is 1. The highest BCUT2D eigenvalue weighted by molar-refractivity contribution is 6.32. The minimum Gasteiger partial charge on any atom is -0.483 e. The summed E-state index contributed by atoms with van der Waals surface area (Å²) < 4.78 is 11.5. The predicted octanol–water partition coefficient (Wildman–Crippen LogP) is 5.54. The zero-order valence-electron chi connectivity index (χ0n) is 16.8. The summed E-state index contributed by atoms with van der Waals surface area (Å²) in [6.07, 6.45) is 0. The summed E-state index contributed by atoms with van der Waals surface area (Å²) in [4.78, 5) is 25.1. The molecule has 0 fully saturated rings. The number of amides is 1. The zero-order chi connectivity index (χ0) is 21.4. The molecule has 1 aromatic heterocycles. The van der Waals surface area contributed by atoms with E-state index in [1.54, 1.807) is 30.3 Å². The number of rotatable bonds is 4. The van der Waals surface area contributed by atoms with E-state index < -0.39 is 0 Å². The van der Waals surface area contributed by atoms with Crippen LogP contribution < -0.4 is 15.5 Å². The molecule has 0 saturated carbocycles. The summed E-state index contributed by atoms with van der Waals surface area (Å²) in [6.45, 7) is 5.66. The van der Waals surface area contributed by atoms with Crippen molar-refractivity contribution in [1.82, 2.24) is 0 Å². The Morgan fingerprint density at radius 1 is 1.00 bits per heavy atom. The van der Waals surface area contributed by atoms with Crippen molar-refractivity contribution in [3.8, 4) is 5.75 Å². The molecule has 6 heteroatoms. The number of aryl methyl sites for hydroxylation is 2. The van der Waals surface area contributed by atoms with Gasteiger partial charge in [0, 0.05) is 16.8 Å². The van der Waals surface area contributed by atoms with E-state index >= 15 is 0 Å². The second kappa shape index (κ2) is 7.84. The number of carbonyl (C=O) groups excluding carboxylic acids is 1. The van der Waals surface area contributed by atoms with Crippen molar-refractivity contribution < 1.29 is 13.9 Å². The Hall–Kier alpha value is -3.31. The van der Waals surface area contributed by atoms with Gasteiger partial charge in [-0.3, -0.25) is 9.59 Å². The molecule has 4 rings (SSSR count). The van der Waals surface area contributed by atoms with Crippen LogP contribution >= 0.6 is 11.6 Å². The Labute approximate surface area is 178 Å². The second-order valence-electron chi connectivity index (χ2n) is 7.27. The van der Waals surface area contributed by atoms with Crippen molar-refractivity contribution in [2.45, 2.75) is 20.8 Å². The second-order valence-corrected chi connectivity index (χ2v) is 7.68. The Kier molecular flexibility index (Phi) is 5.22. The first kappa shape index (κ1) is 20.0. The third-order valence-corrected chi connectivity index (χ3v) is 5.56. The molecule has 0 aliphatic heterocycles. The molecule has 0 atom stereocenters. The molecule has 1 amide bonds. The van der Waals surface area contributed by atoms with Crippen LogP contribution in [0.25, 0.3) is 21.9 Å². The van der Waals surface area contributed by atoms with Gasteiger partial charge in [-0.15, -0.1) is 0 Å². The van der Waals surface area contributed by atoms with Gasteiger partial charge in [0.2, 0.25) is 5.43 Å². The van der Waals surface area contributed by atoms with E-state index in [9.17, 15) is 9.59 Å². The van der Waals surface area contributed by atoms with E-state index in [0.717, 1.165) is 16.7 Å². The number of nitrogens with one attached hydrogen (secondary N) is 1. The fourth-order valence-corrected chi connectivity index (χ4v) is 3.44. The van der Waals surface area contributed by atoms with Gasteiger partial charge >= 0.3 is 0 Å². The minimum absolute atomic E-state index is 0.123. The average Bonchev–Trinajstić information content (AvgIpc) is 2.71. The molecule has 0 aliphatic rings. The number of anilines is 1. The Bertz CT molecular complexity index is 1360. The number of hydrogen-bond acceptors (Lipinski definition) is 4. The summed E-state index contributed by atoms with van der Waals surface area (Å²) in [7, 11) is 0. The molecule has 0 saturated heterocycles. The maximum Gasteiger partial charge on any atom is 0.262 e. The minimum atomic E-state index is -0.305. The molecule has 0 radical (unpaired) electrons. The SMILES string of the molecule is Cc1cc2oc3cc(NC(=O)COc4cccc(C)c4C)ccc3c(=O)c2cc1Cl. The number of ether oxygens (including phenoxy) is 1. The predicted molar refractivity (Wildman–Crippen MR) is 120 cm³/mol. The fourth-order valence-electron chi connectivity index (χ4n) is 3.27. The summed E-state index contributed by atoms with van der Waals surface area (Å²) in [5, 5.41) is 4.15. The number of fused-ring (bicyclic) bond motifs is 2. The molecule has 0 spiro atoms. The lowest BCUT2D eigenvalue weighted by atomic mass is 10.1. The molecule has 3 aromatic carbocycles. The molecule has 4 aromatic rings. The maximum atomic E-state index is 12.8. The summed E-state index contributed by atoms with van der Waals surface area (Å²) in [6, 6.07) is 14.0. The largest absolute Gasteiger partial charge is 0.483 e. The highest BCUT2D eigenvalue weighted by atomic mass is 35.5. The number of hydrogen-bond donors (Lipinski definition) is 1. The first-order chi connectivity index (χ1) is 14.3. The van der Waals surface area contributed by atoms with Gasteiger partial charge in [-0.1, -0.05) is 23.7 Å². The van der Waals surface area contributed by atoms with E-state index in [1.807, 2.05) is 39.0 Å². The number of carbonyl (C=O) groups is 1. The molecule has 0 unspecified atom stereocenters. The van der Waals surface area contributed by atoms with E-state index in [2.05, 4.69) is 5.32 Å². The number of benzene rings is 3. The van der Waals surface area contributed by atoms with Crippen molar-refractivity contribution in [2.75, 3.05) is 11.9 Å². The van der Waals surface area contributed by atoms with Crippen LogP contribution in [-0.4, -0.2) is 12.5 Å². The smallest absolute Gasteiger partial charge is 0.262 e. The van der Waals surface area contributed by atoms with Crippen molar-refractivity contribution in [1.29, 1.82) is 0 Å². The van der Waals surface area contributed by atoms with Gasteiger partial charge in [0.25, 0.3) is 5.91 Å². The highest BCUT2D eigenvalue weighted by Crippen LogP contribution is 2.26. The monoisotopic (exact) mass is 421 g/mol. The molecule has 0 bridgehead atoms. The van der Waals surface area contributed by atoms with Gasteiger partial charge in [0.15, 0.2) is 6.61 Å². The van der Waals surface area contributed by atoms with Crippen molar-refractivity contribution in [3.05, 3.63) is 80.5 Å². The Balaban J connectivity index is 1.58. The quantitative estimate of drug-likeness (QED) is 0.439. The maximum absolute atomic E-state index is 12.8. The topological polar surface area (TPSA) is 68.5 Å². The molecule has 1 N–H and O–H groups in total. The molecule has 1 heterocycles. The van der Waals surface area contributed by atoms with Gasteiger partial charge < -0.3 is 14.5 Å². The van der Waals surface area contributed by atoms with Crippen LogP contribution in [0.3, 0.4) is 0 Å². The molecule has 0 aliphatic carbocycles. The zero-order valence-corrected chi connectivity index (χ0v) is 17.6. The van der Waals surface area contributed by atoms with Crippen LogP contribution in [0.4, 0.5) is 5.69 Å². The van der Waals surface area contributed by atoms with Gasteiger partial charge in [-0.05, 0) is 67.8 Å². The van der Waals surface area contributed by atoms with E-state index in [-0.39, 0.29) is 17.9 Å². The fraction of sp³-hybridized carbons (Fsp3) is 0.167. The van der Waals surface area contributed by atoms with Crippen LogP contribution in [0, 0.1) is 20.8 Å². The Morgan fingerprint density at radius 3 is 2.57 bits per heavy atom. The summed E-state index contributed by atoms with van der Waals surface area (Å²) in [5.74, 6) is 0.371. The molecule has 152 valence electrons. The average molecular weight is 422 g/mol. The lowest BCUT2D eigenvalue weighted by Crippen LogP contribution is -2.20. The normalized spacial score (nSPS) is 11.1. The van der Waals surface area contributed by atoms with Crippen LogP contribution in [-0.2, 0) is 4.79 Å². The standard InChI is InChI=1S/C24H20ClNO4/c1-13-5-4-6-20(15(13)3)29-12-23(27)26-16-7-8-17-22(10-16)30-21-9-14(2)19(25)11-18(21)24(17)28/h4-11H,12H2,1-3H3,(H,26,27). The molecule has 5 nitrogen and oxygen atoms in total. The van der Waals surface area contributed by atoms with Gasteiger partial charge in [-0.2, -0.15) is 0 Å². The van der Waals surface area contributed by atoms with E-state index in [0.29, 0.717) is 38.4 Å². The van der Waals surface area contributed by atoms with Crippen molar-refractivity contribution in [3.63, 3.8) is 0 Å². The van der Waals surface area contributed by atoms with Gasteiger partial charge in [-0.25, -0.2) is 0 Å². The third kappa shape index (κ3) is 3.76. The summed E-state index contributed by atoms with van der Waals surface area (Å²) >= 11 is 6.15. The Morgan fingerprint density at radius 2 is 1.77 bits per heavy atom. The molecule has 30 heavy (non-hydrogen) atoms. The van der Waals surface area contributed by atoms with Crippen LogP contribution in [0.2, 0.25) is 5.02 Å². The first-order valence-corrected chi connectivity index (χ1v) is 9.87. The first-order valence-electron chi connectivity index (χ1n) is 9.49. The lowest BCUT2D eigenvalue weighted by Gasteiger charge is -2.11. The highest BCUT2D eigenvalue weighted by Gasteiger charge is 2.12. The lowest BCUT2D eigenvalue weighted by molar-refractivity contribution is -0.118. The van der Waals surface area contributed by atoms with Crippen molar-refractivity contribution in [2.24, 2.45) is 0 Å². The van der Waals surface area contributed by atoms with E-state index in [4.69, 9.17) is 20.8 Å². The van der Waals surface area contributed by atoms with Crippen LogP contribution in [0.15, 0.2) is 57.7 Å². The van der Waals surface area contributed by atoms with Crippen LogP contribution in [0.1, 0.15) is 16.7 Å². The molecular formula is C24H20ClNO4. The third-order valence-electron chi connectivity index (χ3n) is 5.15. The van der Waals surface area contributed by atoms with Crippen molar-refractivity contribution >= 4 is 45.1 Å².